The van der Waals surface area contributed by atoms with E-state index in [9.17, 15) is 9.18 Å². The first-order valence-corrected chi connectivity index (χ1v) is 6.61. The van der Waals surface area contributed by atoms with Gasteiger partial charge in [0.1, 0.15) is 0 Å². The largest absolute Gasteiger partial charge is 0.491 e. The van der Waals surface area contributed by atoms with Crippen LogP contribution in [0.15, 0.2) is 36.4 Å². The average molecular weight is 288 g/mol. The lowest BCUT2D eigenvalue weighted by Crippen LogP contribution is -2.01. The molecule has 0 saturated carbocycles. The molecular formula is C16H17FN2O2. The lowest BCUT2D eigenvalue weighted by atomic mass is 10.1. The molecule has 0 spiro atoms. The van der Waals surface area contributed by atoms with E-state index in [1.54, 1.807) is 37.3 Å². The molecule has 0 fully saturated rings. The van der Waals surface area contributed by atoms with Crippen molar-refractivity contribution in [3.05, 3.63) is 47.8 Å². The molecular weight excluding hydrogens is 271 g/mol. The number of hydrogen-bond acceptors (Lipinski definition) is 4. The number of carbonyl (C=O) groups excluding carboxylic acids is 1. The second-order valence-corrected chi connectivity index (χ2v) is 4.56. The standard InChI is InChI=1S/C16H17FN2O2/c1-3-21-16-7-5-11(8-14(16)17)19-12-4-6-13(10(2)20)15(18)9-12/h4-9,19H,3,18H2,1-2H3. The van der Waals surface area contributed by atoms with Crippen molar-refractivity contribution < 1.29 is 13.9 Å². The van der Waals surface area contributed by atoms with E-state index >= 15 is 0 Å². The Balaban J connectivity index is 2.20. The van der Waals surface area contributed by atoms with Crippen LogP contribution in [0.25, 0.3) is 0 Å². The number of rotatable bonds is 5. The molecule has 2 aromatic rings. The zero-order valence-corrected chi connectivity index (χ0v) is 11.9. The molecule has 0 amide bonds. The fraction of sp³-hybridized carbons (Fsp3) is 0.188. The third-order valence-electron chi connectivity index (χ3n) is 2.95. The summed E-state index contributed by atoms with van der Waals surface area (Å²) in [6.45, 7) is 3.66. The summed E-state index contributed by atoms with van der Waals surface area (Å²) in [6, 6.07) is 9.63. The van der Waals surface area contributed by atoms with E-state index in [-0.39, 0.29) is 11.5 Å². The smallest absolute Gasteiger partial charge is 0.167 e. The Morgan fingerprint density at radius 2 is 1.90 bits per heavy atom. The maximum absolute atomic E-state index is 13.8. The summed E-state index contributed by atoms with van der Waals surface area (Å²) in [7, 11) is 0. The Morgan fingerprint density at radius 1 is 1.24 bits per heavy atom. The quantitative estimate of drug-likeness (QED) is 0.649. The predicted molar refractivity (Wildman–Crippen MR) is 81.7 cm³/mol. The van der Waals surface area contributed by atoms with Crippen LogP contribution in [0.5, 0.6) is 5.75 Å². The lowest BCUT2D eigenvalue weighted by molar-refractivity contribution is 0.101. The van der Waals surface area contributed by atoms with Gasteiger partial charge in [0.2, 0.25) is 0 Å². The van der Waals surface area contributed by atoms with Crippen LogP contribution in [0, 0.1) is 5.82 Å². The monoisotopic (exact) mass is 288 g/mol. The highest BCUT2D eigenvalue weighted by Gasteiger charge is 2.07. The van der Waals surface area contributed by atoms with Crippen LogP contribution in [0.4, 0.5) is 21.5 Å². The summed E-state index contributed by atoms with van der Waals surface area (Å²) in [6.07, 6.45) is 0. The van der Waals surface area contributed by atoms with Crippen LogP contribution in [-0.2, 0) is 0 Å². The molecule has 0 unspecified atom stereocenters. The Hall–Kier alpha value is -2.56. The molecule has 0 heterocycles. The minimum absolute atomic E-state index is 0.0915. The summed E-state index contributed by atoms with van der Waals surface area (Å²) in [5.41, 5.74) is 7.93. The summed E-state index contributed by atoms with van der Waals surface area (Å²) >= 11 is 0. The maximum Gasteiger partial charge on any atom is 0.167 e. The molecule has 0 atom stereocenters. The van der Waals surface area contributed by atoms with Gasteiger partial charge in [0.05, 0.1) is 6.61 Å². The minimum atomic E-state index is -0.435. The Labute approximate surface area is 122 Å². The number of nitrogens with one attached hydrogen (secondary N) is 1. The van der Waals surface area contributed by atoms with Crippen molar-refractivity contribution in [3.63, 3.8) is 0 Å². The van der Waals surface area contributed by atoms with Crippen molar-refractivity contribution in [2.75, 3.05) is 17.7 Å². The number of Topliss-reactive ketones (excluding diaryl/α,β-unsaturated/α-hetero) is 1. The molecule has 4 nitrogen and oxygen atoms in total. The van der Waals surface area contributed by atoms with Gasteiger partial charge in [-0.2, -0.15) is 0 Å². The van der Waals surface area contributed by atoms with E-state index in [0.717, 1.165) is 0 Å². The van der Waals surface area contributed by atoms with E-state index in [1.165, 1.54) is 13.0 Å². The molecule has 0 aliphatic heterocycles. The first-order valence-electron chi connectivity index (χ1n) is 6.61. The first kappa shape index (κ1) is 14.8. The highest BCUT2D eigenvalue weighted by molar-refractivity contribution is 5.99. The zero-order valence-electron chi connectivity index (χ0n) is 11.9. The van der Waals surface area contributed by atoms with Gasteiger partial charge in [0.25, 0.3) is 0 Å². The SMILES string of the molecule is CCOc1ccc(Nc2ccc(C(C)=O)c(N)c2)cc1F. The van der Waals surface area contributed by atoms with Gasteiger partial charge in [-0.15, -0.1) is 0 Å². The van der Waals surface area contributed by atoms with Gasteiger partial charge >= 0.3 is 0 Å². The van der Waals surface area contributed by atoms with Gasteiger partial charge in [-0.25, -0.2) is 4.39 Å². The molecule has 2 aromatic carbocycles. The summed E-state index contributed by atoms with van der Waals surface area (Å²) in [5, 5.41) is 3.03. The van der Waals surface area contributed by atoms with Crippen LogP contribution >= 0.6 is 0 Å². The zero-order chi connectivity index (χ0) is 15.4. The van der Waals surface area contributed by atoms with E-state index in [4.69, 9.17) is 10.5 Å². The Kier molecular flexibility index (Phi) is 4.42. The predicted octanol–water partition coefficient (Wildman–Crippen LogP) is 3.75. The number of anilines is 3. The number of nitrogens with two attached hydrogens (primary N) is 1. The van der Waals surface area contributed by atoms with Crippen LogP contribution in [0.1, 0.15) is 24.2 Å². The summed E-state index contributed by atoms with van der Waals surface area (Å²) in [4.78, 5) is 11.3. The van der Waals surface area contributed by atoms with Gasteiger partial charge in [-0.3, -0.25) is 4.79 Å². The van der Waals surface area contributed by atoms with Crippen LogP contribution in [0.2, 0.25) is 0 Å². The van der Waals surface area contributed by atoms with Gasteiger partial charge in [-0.1, -0.05) is 0 Å². The highest BCUT2D eigenvalue weighted by Crippen LogP contribution is 2.25. The highest BCUT2D eigenvalue weighted by atomic mass is 19.1. The van der Waals surface area contributed by atoms with E-state index in [0.29, 0.717) is 29.2 Å². The van der Waals surface area contributed by atoms with Crippen LogP contribution in [-0.4, -0.2) is 12.4 Å². The number of nitrogen functional groups attached to an aromatic ring is 1. The van der Waals surface area contributed by atoms with Crippen molar-refractivity contribution in [1.29, 1.82) is 0 Å². The van der Waals surface area contributed by atoms with Crippen LogP contribution < -0.4 is 15.8 Å². The van der Waals surface area contributed by atoms with Gasteiger partial charge in [0, 0.05) is 28.7 Å². The first-order chi connectivity index (χ1) is 10.0. The fourth-order valence-electron chi connectivity index (χ4n) is 1.98. The molecule has 0 aromatic heterocycles. The summed E-state index contributed by atoms with van der Waals surface area (Å²) in [5.74, 6) is -0.309. The normalized spacial score (nSPS) is 10.2. The fourth-order valence-corrected chi connectivity index (χ4v) is 1.98. The number of benzene rings is 2. The van der Waals surface area contributed by atoms with Gasteiger partial charge in [-0.05, 0) is 44.2 Å². The third-order valence-corrected chi connectivity index (χ3v) is 2.95. The van der Waals surface area contributed by atoms with Crippen LogP contribution in [0.3, 0.4) is 0 Å². The summed E-state index contributed by atoms with van der Waals surface area (Å²) < 4.78 is 18.9. The third kappa shape index (κ3) is 3.51. The van der Waals surface area contributed by atoms with Gasteiger partial charge < -0.3 is 15.8 Å². The number of hydrogen-bond donors (Lipinski definition) is 2. The second-order valence-electron chi connectivity index (χ2n) is 4.56. The number of halogens is 1. The van der Waals surface area contributed by atoms with Crippen molar-refractivity contribution in [3.8, 4) is 5.75 Å². The molecule has 0 radical (unpaired) electrons. The Bertz CT molecular complexity index is 671. The molecule has 3 N–H and O–H groups in total. The number of carbonyl (C=O) groups is 1. The lowest BCUT2D eigenvalue weighted by Gasteiger charge is -2.11. The van der Waals surface area contributed by atoms with Crippen molar-refractivity contribution in [2.24, 2.45) is 0 Å². The van der Waals surface area contributed by atoms with Gasteiger partial charge in [0.15, 0.2) is 17.3 Å². The van der Waals surface area contributed by atoms with Crippen molar-refractivity contribution in [1.82, 2.24) is 0 Å². The molecule has 0 aliphatic carbocycles. The molecule has 2 rings (SSSR count). The van der Waals surface area contributed by atoms with E-state index in [1.807, 2.05) is 0 Å². The van der Waals surface area contributed by atoms with E-state index < -0.39 is 5.82 Å². The molecule has 5 heteroatoms. The number of ketones is 1. The number of ether oxygens (including phenoxy) is 1. The molecule has 110 valence electrons. The van der Waals surface area contributed by atoms with Crippen molar-refractivity contribution >= 4 is 22.8 Å². The molecule has 0 aliphatic rings. The minimum Gasteiger partial charge on any atom is -0.491 e. The average Bonchev–Trinajstić information content (AvgIpc) is 2.41. The molecule has 21 heavy (non-hydrogen) atoms. The Morgan fingerprint density at radius 3 is 2.48 bits per heavy atom. The van der Waals surface area contributed by atoms with E-state index in [2.05, 4.69) is 5.32 Å². The second kappa shape index (κ2) is 6.26. The molecule has 0 bridgehead atoms. The molecule has 0 saturated heterocycles. The van der Waals surface area contributed by atoms with Crippen molar-refractivity contribution in [2.45, 2.75) is 13.8 Å². The topological polar surface area (TPSA) is 64.3 Å². The maximum atomic E-state index is 13.8.